The Kier molecular flexibility index (Phi) is 5.28. The molecule has 1 aliphatic heterocycles. The Labute approximate surface area is 174 Å². The van der Waals surface area contributed by atoms with Gasteiger partial charge in [-0.1, -0.05) is 29.8 Å². The largest absolute Gasteiger partial charge is 0.368 e. The molecule has 4 rings (SSSR count). The van der Waals surface area contributed by atoms with Crippen LogP contribution in [0.25, 0.3) is 11.0 Å². The highest BCUT2D eigenvalue weighted by Crippen LogP contribution is 2.25. The summed E-state index contributed by atoms with van der Waals surface area (Å²) in [6.07, 6.45) is 0. The molecule has 7 heteroatoms. The molecule has 0 saturated carbocycles. The van der Waals surface area contributed by atoms with Gasteiger partial charge >= 0.3 is 0 Å². The third kappa shape index (κ3) is 3.60. The number of benzene rings is 2. The maximum absolute atomic E-state index is 13.1. The van der Waals surface area contributed by atoms with Crippen LogP contribution in [0.15, 0.2) is 47.3 Å². The number of anilines is 1. The second-order valence-corrected chi connectivity index (χ2v) is 7.65. The number of para-hydroxylation sites is 2. The van der Waals surface area contributed by atoms with Crippen LogP contribution in [-0.4, -0.2) is 46.5 Å². The Morgan fingerprint density at radius 1 is 1.10 bits per heavy atom. The van der Waals surface area contributed by atoms with E-state index in [1.807, 2.05) is 49.4 Å². The highest BCUT2D eigenvalue weighted by Gasteiger charge is 2.27. The quantitative estimate of drug-likeness (QED) is 0.664. The fraction of sp³-hybridized carbons (Fsp3) is 0.318. The molecule has 2 heterocycles. The molecule has 1 fully saturated rings. The molecule has 0 radical (unpaired) electrons. The first-order valence-corrected chi connectivity index (χ1v) is 10.2. The number of aromatic nitrogens is 2. The first kappa shape index (κ1) is 19.5. The lowest BCUT2D eigenvalue weighted by Crippen LogP contribution is -2.50. The van der Waals surface area contributed by atoms with E-state index >= 15 is 0 Å². The molecule has 3 aromatic rings. The Morgan fingerprint density at radius 3 is 2.55 bits per heavy atom. The lowest BCUT2D eigenvalue weighted by molar-refractivity contribution is 0.0738. The minimum absolute atomic E-state index is 0.00191. The van der Waals surface area contributed by atoms with Gasteiger partial charge in [-0.25, -0.2) is 4.98 Å². The molecule has 1 saturated heterocycles. The van der Waals surface area contributed by atoms with E-state index in [1.54, 1.807) is 9.47 Å². The number of halogens is 1. The maximum Gasteiger partial charge on any atom is 0.282 e. The summed E-state index contributed by atoms with van der Waals surface area (Å²) in [6.45, 7) is 6.87. The van der Waals surface area contributed by atoms with Crippen LogP contribution in [0.1, 0.15) is 23.0 Å². The third-order valence-corrected chi connectivity index (χ3v) is 5.69. The van der Waals surface area contributed by atoms with Crippen LogP contribution in [-0.2, 0) is 6.54 Å². The zero-order chi connectivity index (χ0) is 20.5. The van der Waals surface area contributed by atoms with E-state index in [-0.39, 0.29) is 17.2 Å². The van der Waals surface area contributed by atoms with Crippen molar-refractivity contribution in [1.82, 2.24) is 14.5 Å². The van der Waals surface area contributed by atoms with Crippen LogP contribution >= 0.6 is 11.6 Å². The molecule has 150 valence electrons. The zero-order valence-electron chi connectivity index (χ0n) is 16.6. The lowest BCUT2D eigenvalue weighted by atomic mass is 10.1. The molecule has 0 unspecified atom stereocenters. The van der Waals surface area contributed by atoms with E-state index in [9.17, 15) is 9.59 Å². The molecular formula is C22H23ClN4O2. The predicted octanol–water partition coefficient (Wildman–Crippen LogP) is 3.34. The first-order valence-electron chi connectivity index (χ1n) is 9.79. The summed E-state index contributed by atoms with van der Waals surface area (Å²) in [5, 5.41) is 0.699. The minimum atomic E-state index is -0.329. The van der Waals surface area contributed by atoms with Crippen LogP contribution in [0.3, 0.4) is 0 Å². The van der Waals surface area contributed by atoms with Gasteiger partial charge < -0.3 is 14.4 Å². The van der Waals surface area contributed by atoms with Crippen LogP contribution in [0.4, 0.5) is 5.69 Å². The number of amides is 1. The number of aryl methyl sites for hydroxylation is 2. The summed E-state index contributed by atoms with van der Waals surface area (Å²) in [6, 6.07) is 13.3. The van der Waals surface area contributed by atoms with Gasteiger partial charge in [-0.2, -0.15) is 0 Å². The summed E-state index contributed by atoms with van der Waals surface area (Å²) in [7, 11) is 0. The standard InChI is InChI=1S/C22H23ClN4O2/c1-3-27-18-7-5-4-6-17(18)24-20(22(27)29)21(28)26-12-10-25(11-13-26)19-14-16(23)9-8-15(19)2/h4-9,14H,3,10-13H2,1-2H3. The second kappa shape index (κ2) is 7.87. The number of piperazine rings is 1. The van der Waals surface area contributed by atoms with Crippen molar-refractivity contribution >= 4 is 34.2 Å². The normalized spacial score (nSPS) is 14.4. The van der Waals surface area contributed by atoms with Gasteiger partial charge in [0.15, 0.2) is 5.69 Å². The molecule has 0 aliphatic carbocycles. The summed E-state index contributed by atoms with van der Waals surface area (Å²) in [4.78, 5) is 34.3. The molecule has 29 heavy (non-hydrogen) atoms. The fourth-order valence-electron chi connectivity index (χ4n) is 3.87. The summed E-state index contributed by atoms with van der Waals surface area (Å²) in [5.41, 5.74) is 3.31. The van der Waals surface area contributed by atoms with Crippen molar-refractivity contribution in [2.24, 2.45) is 0 Å². The third-order valence-electron chi connectivity index (χ3n) is 5.45. The van der Waals surface area contributed by atoms with Crippen molar-refractivity contribution in [3.8, 4) is 0 Å². The average molecular weight is 411 g/mol. The van der Waals surface area contributed by atoms with E-state index in [2.05, 4.69) is 16.8 Å². The van der Waals surface area contributed by atoms with Gasteiger partial charge in [-0.3, -0.25) is 9.59 Å². The number of rotatable bonds is 3. The van der Waals surface area contributed by atoms with Crippen LogP contribution in [0, 0.1) is 6.92 Å². The fourth-order valence-corrected chi connectivity index (χ4v) is 4.04. The lowest BCUT2D eigenvalue weighted by Gasteiger charge is -2.36. The monoisotopic (exact) mass is 410 g/mol. The molecule has 0 atom stereocenters. The number of carbonyl (C=O) groups excluding carboxylic acids is 1. The van der Waals surface area contributed by atoms with Crippen LogP contribution in [0.2, 0.25) is 5.02 Å². The second-order valence-electron chi connectivity index (χ2n) is 7.21. The van der Waals surface area contributed by atoms with E-state index in [0.717, 1.165) is 16.8 Å². The number of hydrogen-bond acceptors (Lipinski definition) is 4. The molecule has 0 spiro atoms. The molecular weight excluding hydrogens is 388 g/mol. The van der Waals surface area contributed by atoms with Crippen LogP contribution < -0.4 is 10.5 Å². The molecule has 0 bridgehead atoms. The van der Waals surface area contributed by atoms with Gasteiger partial charge in [0.2, 0.25) is 0 Å². The molecule has 1 aliphatic rings. The highest BCUT2D eigenvalue weighted by molar-refractivity contribution is 6.30. The van der Waals surface area contributed by atoms with Crippen molar-refractivity contribution in [2.45, 2.75) is 20.4 Å². The minimum Gasteiger partial charge on any atom is -0.368 e. The number of hydrogen-bond donors (Lipinski definition) is 0. The van der Waals surface area contributed by atoms with E-state index in [1.165, 1.54) is 0 Å². The van der Waals surface area contributed by atoms with Crippen molar-refractivity contribution in [3.63, 3.8) is 0 Å². The molecule has 2 aromatic carbocycles. The molecule has 0 N–H and O–H groups in total. The average Bonchev–Trinajstić information content (AvgIpc) is 2.75. The molecule has 1 aromatic heterocycles. The van der Waals surface area contributed by atoms with Gasteiger partial charge in [-0.15, -0.1) is 0 Å². The van der Waals surface area contributed by atoms with Gasteiger partial charge in [0.1, 0.15) is 0 Å². The highest BCUT2D eigenvalue weighted by atomic mass is 35.5. The number of carbonyl (C=O) groups is 1. The van der Waals surface area contributed by atoms with E-state index in [0.29, 0.717) is 43.3 Å². The SMILES string of the molecule is CCn1c(=O)c(C(=O)N2CCN(c3cc(Cl)ccc3C)CC2)nc2ccccc21. The Morgan fingerprint density at radius 2 is 1.83 bits per heavy atom. The van der Waals surface area contributed by atoms with Crippen molar-refractivity contribution < 1.29 is 4.79 Å². The predicted molar refractivity (Wildman–Crippen MR) is 116 cm³/mol. The van der Waals surface area contributed by atoms with Crippen molar-refractivity contribution in [1.29, 1.82) is 0 Å². The number of nitrogens with zero attached hydrogens (tertiary/aromatic N) is 4. The molecule has 1 amide bonds. The summed E-state index contributed by atoms with van der Waals surface area (Å²) >= 11 is 6.15. The Balaban J connectivity index is 1.58. The molecule has 6 nitrogen and oxygen atoms in total. The topological polar surface area (TPSA) is 58.4 Å². The van der Waals surface area contributed by atoms with Gasteiger partial charge in [0.25, 0.3) is 11.5 Å². The summed E-state index contributed by atoms with van der Waals surface area (Å²) in [5.74, 6) is -0.301. The van der Waals surface area contributed by atoms with Crippen molar-refractivity contribution in [2.75, 3.05) is 31.1 Å². The first-order chi connectivity index (χ1) is 14.0. The van der Waals surface area contributed by atoms with Gasteiger partial charge in [-0.05, 0) is 43.7 Å². The van der Waals surface area contributed by atoms with Gasteiger partial charge in [0.05, 0.1) is 11.0 Å². The Hall–Kier alpha value is -2.86. The maximum atomic E-state index is 13.1. The number of fused-ring (bicyclic) bond motifs is 1. The zero-order valence-corrected chi connectivity index (χ0v) is 17.3. The van der Waals surface area contributed by atoms with E-state index < -0.39 is 0 Å². The van der Waals surface area contributed by atoms with E-state index in [4.69, 9.17) is 11.6 Å². The van der Waals surface area contributed by atoms with Crippen molar-refractivity contribution in [3.05, 3.63) is 69.1 Å². The summed E-state index contributed by atoms with van der Waals surface area (Å²) < 4.78 is 1.61. The Bertz CT molecular complexity index is 1130. The van der Waals surface area contributed by atoms with Crippen LogP contribution in [0.5, 0.6) is 0 Å². The van der Waals surface area contributed by atoms with Gasteiger partial charge in [0, 0.05) is 43.4 Å². The smallest absolute Gasteiger partial charge is 0.282 e.